The van der Waals surface area contributed by atoms with Crippen molar-refractivity contribution in [3.05, 3.63) is 0 Å². The average molecular weight is 197 g/mol. The molecule has 2 heterocycles. The maximum atomic E-state index is 5.64. The first-order valence-corrected chi connectivity index (χ1v) is 5.85. The Bertz CT molecular complexity index is 201. The molecule has 0 saturated carbocycles. The number of hydrogen-bond acceptors (Lipinski definition) is 2. The van der Waals surface area contributed by atoms with Crippen molar-refractivity contribution in [2.24, 2.45) is 5.41 Å². The van der Waals surface area contributed by atoms with Gasteiger partial charge in [0.05, 0.1) is 6.61 Å². The summed E-state index contributed by atoms with van der Waals surface area (Å²) < 4.78 is 5.64. The van der Waals surface area contributed by atoms with Gasteiger partial charge in [-0.2, -0.15) is 0 Å². The van der Waals surface area contributed by atoms with Crippen LogP contribution in [0.4, 0.5) is 0 Å². The lowest BCUT2D eigenvalue weighted by atomic mass is 9.82. The van der Waals surface area contributed by atoms with Crippen molar-refractivity contribution >= 4 is 0 Å². The average Bonchev–Trinajstić information content (AvgIpc) is 2.50. The van der Waals surface area contributed by atoms with Crippen LogP contribution in [0.2, 0.25) is 0 Å². The van der Waals surface area contributed by atoms with Crippen molar-refractivity contribution in [1.82, 2.24) is 4.90 Å². The maximum Gasteiger partial charge on any atom is 0.0535 e. The van der Waals surface area contributed by atoms with Crippen molar-refractivity contribution in [3.63, 3.8) is 0 Å². The first-order chi connectivity index (χ1) is 6.52. The Hall–Kier alpha value is -0.0800. The fourth-order valence-electron chi connectivity index (χ4n) is 2.74. The Morgan fingerprint density at radius 3 is 2.50 bits per heavy atom. The Morgan fingerprint density at radius 1 is 1.21 bits per heavy atom. The van der Waals surface area contributed by atoms with Crippen LogP contribution < -0.4 is 0 Å². The Morgan fingerprint density at radius 2 is 2.00 bits per heavy atom. The van der Waals surface area contributed by atoms with E-state index in [9.17, 15) is 0 Å². The van der Waals surface area contributed by atoms with Crippen LogP contribution in [0, 0.1) is 5.41 Å². The van der Waals surface area contributed by atoms with E-state index >= 15 is 0 Å². The van der Waals surface area contributed by atoms with Gasteiger partial charge in [0.15, 0.2) is 0 Å². The highest BCUT2D eigenvalue weighted by molar-refractivity contribution is 4.95. The summed E-state index contributed by atoms with van der Waals surface area (Å²) in [6.45, 7) is 11.4. The van der Waals surface area contributed by atoms with Crippen molar-refractivity contribution in [2.45, 2.75) is 45.6 Å². The van der Waals surface area contributed by atoms with E-state index in [1.165, 1.54) is 32.4 Å². The van der Waals surface area contributed by atoms with Crippen molar-refractivity contribution in [3.8, 4) is 0 Å². The predicted octanol–water partition coefficient (Wildman–Crippen LogP) is 2.29. The lowest BCUT2D eigenvalue weighted by Gasteiger charge is -2.37. The van der Waals surface area contributed by atoms with E-state index in [4.69, 9.17) is 4.74 Å². The minimum Gasteiger partial charge on any atom is -0.381 e. The van der Waals surface area contributed by atoms with Crippen LogP contribution in [0.1, 0.15) is 40.0 Å². The molecular formula is C12H23NO. The Balaban J connectivity index is 1.99. The molecule has 1 spiro atoms. The molecule has 2 fully saturated rings. The summed E-state index contributed by atoms with van der Waals surface area (Å²) >= 11 is 0. The summed E-state index contributed by atoms with van der Waals surface area (Å²) in [7, 11) is 0. The zero-order chi connectivity index (χ0) is 10.2. The summed E-state index contributed by atoms with van der Waals surface area (Å²) in [5.41, 5.74) is 0.840. The van der Waals surface area contributed by atoms with Crippen LogP contribution in [-0.4, -0.2) is 36.7 Å². The van der Waals surface area contributed by atoms with Crippen LogP contribution in [-0.2, 0) is 4.74 Å². The van der Waals surface area contributed by atoms with Crippen LogP contribution in [0.15, 0.2) is 0 Å². The van der Waals surface area contributed by atoms with Gasteiger partial charge in [-0.25, -0.2) is 0 Å². The zero-order valence-corrected chi connectivity index (χ0v) is 9.81. The van der Waals surface area contributed by atoms with Gasteiger partial charge in [0.2, 0.25) is 0 Å². The van der Waals surface area contributed by atoms with Gasteiger partial charge in [-0.3, -0.25) is 4.90 Å². The molecule has 0 aliphatic carbocycles. The van der Waals surface area contributed by atoms with Gasteiger partial charge >= 0.3 is 0 Å². The van der Waals surface area contributed by atoms with E-state index in [1.807, 2.05) is 0 Å². The Kier molecular flexibility index (Phi) is 2.61. The zero-order valence-electron chi connectivity index (χ0n) is 9.81. The van der Waals surface area contributed by atoms with Gasteiger partial charge in [-0.05, 0) is 46.6 Å². The minimum atomic E-state index is 0.334. The summed E-state index contributed by atoms with van der Waals surface area (Å²) in [5, 5.41) is 0. The number of nitrogens with zero attached hydrogens (tertiary/aromatic N) is 1. The highest BCUT2D eigenvalue weighted by Gasteiger charge is 2.42. The fraction of sp³-hybridized carbons (Fsp3) is 1.00. The number of hydrogen-bond donors (Lipinski definition) is 0. The monoisotopic (exact) mass is 197 g/mol. The van der Waals surface area contributed by atoms with Gasteiger partial charge in [0.1, 0.15) is 0 Å². The van der Waals surface area contributed by atoms with Gasteiger partial charge in [-0.1, -0.05) is 0 Å². The van der Waals surface area contributed by atoms with E-state index in [-0.39, 0.29) is 0 Å². The lowest BCUT2D eigenvalue weighted by molar-refractivity contribution is -0.00715. The molecular weight excluding hydrogens is 174 g/mol. The minimum absolute atomic E-state index is 0.334. The van der Waals surface area contributed by atoms with Gasteiger partial charge in [0.25, 0.3) is 0 Å². The van der Waals surface area contributed by atoms with Gasteiger partial charge in [0, 0.05) is 24.1 Å². The number of ether oxygens (including phenoxy) is 1. The largest absolute Gasteiger partial charge is 0.381 e. The van der Waals surface area contributed by atoms with E-state index in [2.05, 4.69) is 25.7 Å². The second-order valence-corrected chi connectivity index (χ2v) is 6.00. The molecule has 2 saturated heterocycles. The highest BCUT2D eigenvalue weighted by atomic mass is 16.5. The van der Waals surface area contributed by atoms with Crippen molar-refractivity contribution in [2.75, 3.05) is 26.3 Å². The van der Waals surface area contributed by atoms with E-state index in [0.717, 1.165) is 13.2 Å². The highest BCUT2D eigenvalue weighted by Crippen LogP contribution is 2.40. The molecule has 82 valence electrons. The first kappa shape index (κ1) is 10.4. The summed E-state index contributed by atoms with van der Waals surface area (Å²) in [4.78, 5) is 2.61. The third-order valence-electron chi connectivity index (χ3n) is 3.79. The molecule has 1 unspecified atom stereocenters. The molecule has 0 N–H and O–H groups in total. The quantitative estimate of drug-likeness (QED) is 0.591. The third-order valence-corrected chi connectivity index (χ3v) is 3.79. The SMILES string of the molecule is CC(C)(C)N1CCC2(CCCOC2)C1. The topological polar surface area (TPSA) is 12.5 Å². The van der Waals surface area contributed by atoms with Crippen molar-refractivity contribution in [1.29, 1.82) is 0 Å². The normalized spacial score (nSPS) is 35.4. The second kappa shape index (κ2) is 3.49. The van der Waals surface area contributed by atoms with Crippen LogP contribution in [0.3, 0.4) is 0 Å². The van der Waals surface area contributed by atoms with Crippen LogP contribution in [0.25, 0.3) is 0 Å². The Labute approximate surface area is 87.6 Å². The third kappa shape index (κ3) is 1.96. The molecule has 2 nitrogen and oxygen atoms in total. The van der Waals surface area contributed by atoms with Gasteiger partial charge in [-0.15, -0.1) is 0 Å². The lowest BCUT2D eigenvalue weighted by Crippen LogP contribution is -2.42. The molecule has 14 heavy (non-hydrogen) atoms. The number of rotatable bonds is 0. The predicted molar refractivity (Wildman–Crippen MR) is 58.4 cm³/mol. The molecule has 2 rings (SSSR count). The maximum absolute atomic E-state index is 5.64. The second-order valence-electron chi connectivity index (χ2n) is 6.00. The molecule has 2 aliphatic rings. The smallest absolute Gasteiger partial charge is 0.0535 e. The van der Waals surface area contributed by atoms with E-state index in [1.54, 1.807) is 0 Å². The van der Waals surface area contributed by atoms with E-state index < -0.39 is 0 Å². The molecule has 0 radical (unpaired) electrons. The molecule has 0 bridgehead atoms. The molecule has 1 atom stereocenters. The summed E-state index contributed by atoms with van der Waals surface area (Å²) in [6.07, 6.45) is 3.97. The molecule has 0 amide bonds. The summed E-state index contributed by atoms with van der Waals surface area (Å²) in [6, 6.07) is 0. The molecule has 2 heteroatoms. The van der Waals surface area contributed by atoms with Crippen LogP contribution >= 0.6 is 0 Å². The van der Waals surface area contributed by atoms with Gasteiger partial charge < -0.3 is 4.74 Å². The molecule has 2 aliphatic heterocycles. The van der Waals surface area contributed by atoms with Crippen LogP contribution in [0.5, 0.6) is 0 Å². The van der Waals surface area contributed by atoms with E-state index in [0.29, 0.717) is 11.0 Å². The molecule has 0 aromatic heterocycles. The molecule has 0 aromatic rings. The first-order valence-electron chi connectivity index (χ1n) is 5.85. The fourth-order valence-corrected chi connectivity index (χ4v) is 2.74. The van der Waals surface area contributed by atoms with Crippen molar-refractivity contribution < 1.29 is 4.74 Å². The summed E-state index contributed by atoms with van der Waals surface area (Å²) in [5.74, 6) is 0. The molecule has 0 aromatic carbocycles. The standard InChI is InChI=1S/C12H23NO/c1-11(2,3)13-7-6-12(9-13)5-4-8-14-10-12/h4-10H2,1-3H3. The number of likely N-dealkylation sites (tertiary alicyclic amines) is 1.